The topological polar surface area (TPSA) is 17.8 Å². The van der Waals surface area contributed by atoms with E-state index in [0.29, 0.717) is 0 Å². The number of alkyl halides is 1. The molecule has 2 aromatic rings. The van der Waals surface area contributed by atoms with Crippen LogP contribution in [0.2, 0.25) is 0 Å². The molecule has 0 aliphatic heterocycles. The average Bonchev–Trinajstić information content (AvgIpc) is 2.86. The lowest BCUT2D eigenvalue weighted by molar-refractivity contribution is 0.589. The van der Waals surface area contributed by atoms with E-state index < -0.39 is 0 Å². The summed E-state index contributed by atoms with van der Waals surface area (Å²) in [5.74, 6) is 0. The summed E-state index contributed by atoms with van der Waals surface area (Å²) in [7, 11) is 0. The van der Waals surface area contributed by atoms with E-state index in [4.69, 9.17) is 11.6 Å². The van der Waals surface area contributed by atoms with Crippen LogP contribution in [0.25, 0.3) is 0 Å². The van der Waals surface area contributed by atoms with Gasteiger partial charge < -0.3 is 0 Å². The highest BCUT2D eigenvalue weighted by molar-refractivity contribution is 6.20. The van der Waals surface area contributed by atoms with Crippen LogP contribution >= 0.6 is 11.6 Å². The van der Waals surface area contributed by atoms with Crippen LogP contribution in [-0.2, 0) is 12.0 Å². The van der Waals surface area contributed by atoms with Crippen molar-refractivity contribution in [1.29, 1.82) is 0 Å². The van der Waals surface area contributed by atoms with Crippen molar-refractivity contribution in [1.82, 2.24) is 9.78 Å². The zero-order valence-corrected chi connectivity index (χ0v) is 13.5. The molecule has 0 amide bonds. The van der Waals surface area contributed by atoms with Gasteiger partial charge in [0.05, 0.1) is 18.1 Å². The van der Waals surface area contributed by atoms with E-state index in [2.05, 4.69) is 57.1 Å². The predicted molar refractivity (Wildman–Crippen MR) is 85.4 cm³/mol. The minimum Gasteiger partial charge on any atom is -0.268 e. The molecule has 0 saturated heterocycles. The number of nitrogens with zero attached hydrogens (tertiary/aromatic N) is 2. The van der Waals surface area contributed by atoms with E-state index in [1.807, 2.05) is 17.1 Å². The molecule has 108 valence electrons. The van der Waals surface area contributed by atoms with Crippen LogP contribution < -0.4 is 0 Å². The van der Waals surface area contributed by atoms with E-state index in [1.54, 1.807) is 0 Å². The van der Waals surface area contributed by atoms with Crippen LogP contribution in [0, 0.1) is 0 Å². The summed E-state index contributed by atoms with van der Waals surface area (Å²) >= 11 is 6.22. The molecule has 0 spiro atoms. The second kappa shape index (κ2) is 6.01. The second-order valence-corrected chi connectivity index (χ2v) is 6.82. The van der Waals surface area contributed by atoms with Gasteiger partial charge in [0.25, 0.3) is 0 Å². The fourth-order valence-corrected chi connectivity index (χ4v) is 2.27. The summed E-state index contributed by atoms with van der Waals surface area (Å²) in [6.45, 7) is 9.56. The lowest BCUT2D eigenvalue weighted by Crippen LogP contribution is -2.11. The summed E-state index contributed by atoms with van der Waals surface area (Å²) in [5.41, 5.74) is 3.91. The first-order valence-corrected chi connectivity index (χ1v) is 7.59. The molecule has 0 aliphatic carbocycles. The van der Waals surface area contributed by atoms with Crippen molar-refractivity contribution in [2.75, 3.05) is 0 Å². The molecule has 0 radical (unpaired) electrons. The molecule has 0 saturated carbocycles. The number of rotatable bonds is 4. The molecule has 2 nitrogen and oxygen atoms in total. The molecule has 1 heterocycles. The van der Waals surface area contributed by atoms with E-state index in [0.717, 1.165) is 18.5 Å². The maximum Gasteiger partial charge on any atom is 0.0659 e. The molecular weight excluding hydrogens is 268 g/mol. The predicted octanol–water partition coefficient (Wildman–Crippen LogP) is 4.92. The first-order valence-electron chi connectivity index (χ1n) is 7.16. The first kappa shape index (κ1) is 15.1. The minimum atomic E-state index is 0.0621. The summed E-state index contributed by atoms with van der Waals surface area (Å²) in [6.07, 6.45) is 4.83. The third-order valence-corrected chi connectivity index (χ3v) is 4.10. The van der Waals surface area contributed by atoms with Gasteiger partial charge in [-0.25, -0.2) is 0 Å². The van der Waals surface area contributed by atoms with Gasteiger partial charge in [-0.3, -0.25) is 4.68 Å². The largest absolute Gasteiger partial charge is 0.268 e. The number of aromatic nitrogens is 2. The summed E-state index contributed by atoms with van der Waals surface area (Å²) < 4.78 is 1.95. The Labute approximate surface area is 126 Å². The van der Waals surface area contributed by atoms with Gasteiger partial charge in [-0.2, -0.15) is 5.10 Å². The Kier molecular flexibility index (Phi) is 4.54. The van der Waals surface area contributed by atoms with Gasteiger partial charge in [0.1, 0.15) is 0 Å². The van der Waals surface area contributed by atoms with Gasteiger partial charge in [0.15, 0.2) is 0 Å². The third kappa shape index (κ3) is 3.63. The van der Waals surface area contributed by atoms with Gasteiger partial charge in [0, 0.05) is 11.8 Å². The molecule has 1 unspecified atom stereocenters. The fourth-order valence-electron chi connectivity index (χ4n) is 2.16. The van der Waals surface area contributed by atoms with Gasteiger partial charge in [0.2, 0.25) is 0 Å². The summed E-state index contributed by atoms with van der Waals surface area (Å²) in [4.78, 5) is 0. The Balaban J connectivity index is 2.08. The Hall–Kier alpha value is -1.28. The van der Waals surface area contributed by atoms with Crippen LogP contribution in [0.5, 0.6) is 0 Å². The van der Waals surface area contributed by atoms with Crippen molar-refractivity contribution in [3.8, 4) is 0 Å². The first-order chi connectivity index (χ1) is 9.40. The summed E-state index contributed by atoms with van der Waals surface area (Å²) in [5, 5.41) is 4.45. The minimum absolute atomic E-state index is 0.0621. The maximum absolute atomic E-state index is 6.22. The molecule has 20 heavy (non-hydrogen) atoms. The number of hydrogen-bond donors (Lipinski definition) is 0. The van der Waals surface area contributed by atoms with Crippen molar-refractivity contribution in [2.24, 2.45) is 0 Å². The second-order valence-electron chi connectivity index (χ2n) is 6.29. The van der Waals surface area contributed by atoms with Crippen molar-refractivity contribution in [2.45, 2.75) is 51.5 Å². The zero-order chi connectivity index (χ0) is 14.8. The van der Waals surface area contributed by atoms with Gasteiger partial charge in [-0.15, -0.1) is 11.6 Å². The van der Waals surface area contributed by atoms with Crippen LogP contribution in [0.3, 0.4) is 0 Å². The van der Waals surface area contributed by atoms with Gasteiger partial charge >= 0.3 is 0 Å². The quantitative estimate of drug-likeness (QED) is 0.731. The highest BCUT2D eigenvalue weighted by atomic mass is 35.5. The fraction of sp³-hybridized carbons (Fsp3) is 0.471. The molecule has 1 atom stereocenters. The highest BCUT2D eigenvalue weighted by Crippen LogP contribution is 2.24. The van der Waals surface area contributed by atoms with Crippen LogP contribution in [0.1, 0.15) is 56.2 Å². The molecule has 0 bridgehead atoms. The zero-order valence-electron chi connectivity index (χ0n) is 12.7. The molecule has 1 aromatic carbocycles. The monoisotopic (exact) mass is 290 g/mol. The van der Waals surface area contributed by atoms with Crippen LogP contribution in [0.15, 0.2) is 36.7 Å². The van der Waals surface area contributed by atoms with E-state index in [1.165, 1.54) is 11.1 Å². The molecule has 0 aliphatic rings. The van der Waals surface area contributed by atoms with Crippen LogP contribution in [-0.4, -0.2) is 9.78 Å². The summed E-state index contributed by atoms with van der Waals surface area (Å²) in [6, 6.07) is 8.77. The molecule has 3 heteroatoms. The van der Waals surface area contributed by atoms with Crippen molar-refractivity contribution in [3.63, 3.8) is 0 Å². The van der Waals surface area contributed by atoms with Crippen molar-refractivity contribution in [3.05, 3.63) is 53.3 Å². The Morgan fingerprint density at radius 1 is 1.20 bits per heavy atom. The number of halogens is 1. The standard InChI is InChI=1S/C17H23ClN2/c1-5-16(18)14-10-19-20(12-14)11-13-6-8-15(9-7-13)17(2,3)4/h6-10,12,16H,5,11H2,1-4H3. The molecule has 2 rings (SSSR count). The number of benzene rings is 1. The van der Waals surface area contributed by atoms with E-state index >= 15 is 0 Å². The Morgan fingerprint density at radius 2 is 1.85 bits per heavy atom. The van der Waals surface area contributed by atoms with Gasteiger partial charge in [-0.1, -0.05) is 52.0 Å². The smallest absolute Gasteiger partial charge is 0.0659 e. The maximum atomic E-state index is 6.22. The molecule has 0 N–H and O–H groups in total. The number of hydrogen-bond acceptors (Lipinski definition) is 1. The SMILES string of the molecule is CCC(Cl)c1cnn(Cc2ccc(C(C)(C)C)cc2)c1. The van der Waals surface area contributed by atoms with Crippen molar-refractivity contribution < 1.29 is 0 Å². The lowest BCUT2D eigenvalue weighted by Gasteiger charge is -2.19. The lowest BCUT2D eigenvalue weighted by atomic mass is 9.87. The third-order valence-electron chi connectivity index (χ3n) is 3.54. The normalized spacial score (nSPS) is 13.4. The Morgan fingerprint density at radius 3 is 2.40 bits per heavy atom. The van der Waals surface area contributed by atoms with Crippen molar-refractivity contribution >= 4 is 11.6 Å². The highest BCUT2D eigenvalue weighted by Gasteiger charge is 2.13. The van der Waals surface area contributed by atoms with E-state index in [-0.39, 0.29) is 10.8 Å². The van der Waals surface area contributed by atoms with Gasteiger partial charge in [-0.05, 0) is 23.0 Å². The Bertz CT molecular complexity index is 549. The molecule has 1 aromatic heterocycles. The average molecular weight is 291 g/mol. The molecule has 0 fully saturated rings. The molecular formula is C17H23ClN2. The van der Waals surface area contributed by atoms with E-state index in [9.17, 15) is 0 Å². The van der Waals surface area contributed by atoms with Crippen LogP contribution in [0.4, 0.5) is 0 Å².